The molecule has 1 amide bonds. The molecule has 4 rings (SSSR count). The Balaban J connectivity index is 1.68. The van der Waals surface area contributed by atoms with Gasteiger partial charge in [-0.15, -0.1) is 0 Å². The molecule has 1 fully saturated rings. The monoisotopic (exact) mass is 547 g/mol. The number of benzene rings is 1. The summed E-state index contributed by atoms with van der Waals surface area (Å²) in [6.45, 7) is 8.38. The number of aromatic amines is 1. The molecule has 0 spiro atoms. The molecule has 2 heterocycles. The van der Waals surface area contributed by atoms with Gasteiger partial charge in [0.05, 0.1) is 0 Å². The van der Waals surface area contributed by atoms with Crippen LogP contribution in [0.2, 0.25) is 0 Å². The largest absolute Gasteiger partial charge is 0.458 e. The number of carbonyl (C=O) groups excluding carboxylic acids is 2. The van der Waals surface area contributed by atoms with Crippen LogP contribution in [0.3, 0.4) is 0 Å². The Morgan fingerprint density at radius 3 is 2.33 bits per heavy atom. The maximum atomic E-state index is 13.9. The van der Waals surface area contributed by atoms with Gasteiger partial charge in [0, 0.05) is 12.7 Å². The molecule has 1 saturated carbocycles. The second kappa shape index (κ2) is 13.0. The second-order valence-electron chi connectivity index (χ2n) is 11.1. The van der Waals surface area contributed by atoms with Crippen LogP contribution >= 0.6 is 0 Å². The highest BCUT2D eigenvalue weighted by molar-refractivity contribution is 6.01. The smallest absolute Gasteiger partial charge is 0.420 e. The quantitative estimate of drug-likeness (QED) is 0.272. The summed E-state index contributed by atoms with van der Waals surface area (Å²) in [5, 5.41) is 13.2. The molecule has 2 aromatic heterocycles. The SMILES string of the molecule is CCCCC1CC(C)CC(CCCC)C1OC(=O)c1c(C#N)c(OC(=O)N(C)c2ccccc2)n2[nH]c(C)nc12. The number of para-hydroxylation sites is 1. The Bertz CT molecular complexity index is 1340. The maximum Gasteiger partial charge on any atom is 0.420 e. The van der Waals surface area contributed by atoms with E-state index in [9.17, 15) is 14.9 Å². The lowest BCUT2D eigenvalue weighted by Crippen LogP contribution is -2.40. The number of fused-ring (bicyclic) bond motifs is 1. The van der Waals surface area contributed by atoms with Crippen LogP contribution in [0, 0.1) is 36.0 Å². The van der Waals surface area contributed by atoms with Crippen molar-refractivity contribution in [2.75, 3.05) is 11.9 Å². The molecule has 9 nitrogen and oxygen atoms in total. The lowest BCUT2D eigenvalue weighted by atomic mass is 9.70. The van der Waals surface area contributed by atoms with Gasteiger partial charge in [-0.1, -0.05) is 64.7 Å². The summed E-state index contributed by atoms with van der Waals surface area (Å²) < 4.78 is 13.4. The molecule has 2 atom stereocenters. The van der Waals surface area contributed by atoms with Gasteiger partial charge in [0.1, 0.15) is 29.1 Å². The minimum absolute atomic E-state index is 0.0270. The average molecular weight is 548 g/mol. The van der Waals surface area contributed by atoms with Crippen LogP contribution in [0.1, 0.15) is 93.9 Å². The number of nitrogens with zero attached hydrogens (tertiary/aromatic N) is 4. The number of amides is 1. The lowest BCUT2D eigenvalue weighted by Gasteiger charge is -2.40. The minimum Gasteiger partial charge on any atom is -0.458 e. The van der Waals surface area contributed by atoms with Gasteiger partial charge in [0.15, 0.2) is 5.65 Å². The van der Waals surface area contributed by atoms with Gasteiger partial charge in [-0.2, -0.15) is 5.26 Å². The molecular formula is C31H41N5O4. The van der Waals surface area contributed by atoms with Gasteiger partial charge in [0.2, 0.25) is 5.88 Å². The first kappa shape index (κ1) is 29.2. The third-order valence-corrected chi connectivity index (χ3v) is 8.01. The van der Waals surface area contributed by atoms with Crippen molar-refractivity contribution in [3.8, 4) is 11.9 Å². The fourth-order valence-corrected chi connectivity index (χ4v) is 6.05. The van der Waals surface area contributed by atoms with Gasteiger partial charge < -0.3 is 9.47 Å². The van der Waals surface area contributed by atoms with Crippen LogP contribution in [0.5, 0.6) is 5.88 Å². The highest BCUT2D eigenvalue weighted by Crippen LogP contribution is 2.41. The van der Waals surface area contributed by atoms with Crippen LogP contribution in [0.4, 0.5) is 10.5 Å². The summed E-state index contributed by atoms with van der Waals surface area (Å²) in [7, 11) is 1.58. The molecule has 0 bridgehead atoms. The molecule has 1 N–H and O–H groups in total. The van der Waals surface area contributed by atoms with E-state index in [4.69, 9.17) is 9.47 Å². The van der Waals surface area contributed by atoms with Gasteiger partial charge >= 0.3 is 12.1 Å². The molecule has 1 aromatic carbocycles. The van der Waals surface area contributed by atoms with Gasteiger partial charge in [0.25, 0.3) is 0 Å². The van der Waals surface area contributed by atoms with Crippen molar-refractivity contribution in [3.05, 3.63) is 47.3 Å². The fraction of sp³-hybridized carbons (Fsp3) is 0.548. The highest BCUT2D eigenvalue weighted by atomic mass is 16.6. The Labute approximate surface area is 236 Å². The topological polar surface area (TPSA) is 113 Å². The molecule has 0 radical (unpaired) electrons. The summed E-state index contributed by atoms with van der Waals surface area (Å²) in [5.41, 5.74) is 0.794. The van der Waals surface area contributed by atoms with Crippen molar-refractivity contribution in [2.24, 2.45) is 17.8 Å². The molecule has 0 aliphatic heterocycles. The summed E-state index contributed by atoms with van der Waals surface area (Å²) in [4.78, 5) is 32.8. The normalized spacial score (nSPS) is 20.7. The Kier molecular flexibility index (Phi) is 9.51. The van der Waals surface area contributed by atoms with E-state index in [1.54, 1.807) is 26.1 Å². The number of rotatable bonds is 10. The van der Waals surface area contributed by atoms with E-state index in [2.05, 4.69) is 36.9 Å². The predicted octanol–water partition coefficient (Wildman–Crippen LogP) is 7.05. The summed E-state index contributed by atoms with van der Waals surface area (Å²) in [5.74, 6) is 0.959. The molecule has 40 heavy (non-hydrogen) atoms. The van der Waals surface area contributed by atoms with Crippen molar-refractivity contribution in [2.45, 2.75) is 85.2 Å². The number of nitriles is 1. The number of anilines is 1. The molecule has 9 heteroatoms. The molecule has 1 aliphatic rings. The van der Waals surface area contributed by atoms with Gasteiger partial charge in [-0.25, -0.2) is 19.1 Å². The number of esters is 1. The van der Waals surface area contributed by atoms with Crippen LogP contribution in [-0.4, -0.2) is 39.8 Å². The van der Waals surface area contributed by atoms with E-state index < -0.39 is 12.1 Å². The van der Waals surface area contributed by atoms with E-state index >= 15 is 0 Å². The van der Waals surface area contributed by atoms with Crippen molar-refractivity contribution >= 4 is 23.4 Å². The zero-order valence-corrected chi connectivity index (χ0v) is 24.3. The molecule has 214 valence electrons. The number of hydrogen-bond acceptors (Lipinski definition) is 6. The number of H-pyrrole nitrogens is 1. The fourth-order valence-electron chi connectivity index (χ4n) is 6.05. The average Bonchev–Trinajstić information content (AvgIpc) is 3.46. The Morgan fingerprint density at radius 1 is 1.12 bits per heavy atom. The predicted molar refractivity (Wildman–Crippen MR) is 153 cm³/mol. The molecule has 0 saturated heterocycles. The minimum atomic E-state index is -0.699. The zero-order chi connectivity index (χ0) is 28.8. The van der Waals surface area contributed by atoms with Crippen molar-refractivity contribution in [1.29, 1.82) is 5.26 Å². The zero-order valence-electron chi connectivity index (χ0n) is 24.3. The number of nitrogens with one attached hydrogen (secondary N) is 1. The van der Waals surface area contributed by atoms with E-state index in [0.717, 1.165) is 51.4 Å². The second-order valence-corrected chi connectivity index (χ2v) is 11.1. The number of aromatic nitrogens is 3. The van der Waals surface area contributed by atoms with Crippen LogP contribution in [0.25, 0.3) is 5.65 Å². The number of aryl methyl sites for hydroxylation is 1. The summed E-state index contributed by atoms with van der Waals surface area (Å²) in [6.07, 6.45) is 7.47. The van der Waals surface area contributed by atoms with Crippen molar-refractivity contribution in [1.82, 2.24) is 14.6 Å². The van der Waals surface area contributed by atoms with Gasteiger partial charge in [-0.3, -0.25) is 10.00 Å². The van der Waals surface area contributed by atoms with Gasteiger partial charge in [-0.05, 0) is 62.5 Å². The number of ether oxygens (including phenoxy) is 2. The number of unbranched alkanes of at least 4 members (excludes halogenated alkanes) is 2. The van der Waals surface area contributed by atoms with Crippen LogP contribution < -0.4 is 9.64 Å². The Morgan fingerprint density at radius 2 is 1.75 bits per heavy atom. The first-order valence-corrected chi connectivity index (χ1v) is 14.5. The molecule has 1 aliphatic carbocycles. The third kappa shape index (κ3) is 6.16. The highest BCUT2D eigenvalue weighted by Gasteiger charge is 2.40. The molecule has 3 aromatic rings. The van der Waals surface area contributed by atoms with Crippen LogP contribution in [-0.2, 0) is 4.74 Å². The summed E-state index contributed by atoms with van der Waals surface area (Å²) >= 11 is 0. The first-order chi connectivity index (χ1) is 19.3. The van der Waals surface area contributed by atoms with E-state index in [1.807, 2.05) is 18.2 Å². The van der Waals surface area contributed by atoms with E-state index in [0.29, 0.717) is 17.4 Å². The number of carbonyl (C=O) groups is 2. The van der Waals surface area contributed by atoms with Crippen molar-refractivity contribution in [3.63, 3.8) is 0 Å². The first-order valence-electron chi connectivity index (χ1n) is 14.5. The molecule has 2 unspecified atom stereocenters. The maximum absolute atomic E-state index is 13.9. The van der Waals surface area contributed by atoms with Crippen molar-refractivity contribution < 1.29 is 19.1 Å². The Hall–Kier alpha value is -3.80. The lowest BCUT2D eigenvalue weighted by molar-refractivity contribution is -0.0393. The molecular weight excluding hydrogens is 506 g/mol. The third-order valence-electron chi connectivity index (χ3n) is 8.01. The summed E-state index contributed by atoms with van der Waals surface area (Å²) in [6, 6.07) is 11.1. The standard InChI is InChI=1S/C31H41N5O4/c1-6-8-13-22-17-20(3)18-23(14-9-7-2)27(22)39-30(37)26-25(19-32)29(36-28(26)33-21(4)34-36)40-31(38)35(5)24-15-11-10-12-16-24/h10-12,15-16,20,22-23,27H,6-9,13-14,17-18H2,1-5H3,(H,33,34). The number of hydrogen-bond donors (Lipinski definition) is 1. The van der Waals surface area contributed by atoms with E-state index in [1.165, 1.54) is 9.42 Å². The van der Waals surface area contributed by atoms with E-state index in [-0.39, 0.29) is 40.6 Å². The van der Waals surface area contributed by atoms with Crippen LogP contribution in [0.15, 0.2) is 30.3 Å².